The molecular formula is C25H31N3O3. The number of aliphatic carboxylic acids is 1. The summed E-state index contributed by atoms with van der Waals surface area (Å²) < 4.78 is 0. The Morgan fingerprint density at radius 1 is 1.06 bits per heavy atom. The van der Waals surface area contributed by atoms with Crippen molar-refractivity contribution in [1.29, 1.82) is 0 Å². The molecule has 1 fully saturated rings. The summed E-state index contributed by atoms with van der Waals surface area (Å²) in [6, 6.07) is 16.0. The number of benzene rings is 2. The number of amides is 1. The molecule has 1 heterocycles. The van der Waals surface area contributed by atoms with Gasteiger partial charge in [-0.1, -0.05) is 56.5 Å². The molecule has 3 N–H and O–H groups in total. The predicted octanol–water partition coefficient (Wildman–Crippen LogP) is 5.22. The van der Waals surface area contributed by atoms with Crippen molar-refractivity contribution in [3.63, 3.8) is 0 Å². The minimum Gasteiger partial charge on any atom is -0.481 e. The van der Waals surface area contributed by atoms with Gasteiger partial charge < -0.3 is 20.6 Å². The molecule has 0 bridgehead atoms. The van der Waals surface area contributed by atoms with E-state index in [2.05, 4.69) is 10.6 Å². The van der Waals surface area contributed by atoms with E-state index in [-0.39, 0.29) is 18.2 Å². The number of carboxylic acid groups (broad SMARTS) is 1. The third-order valence-corrected chi connectivity index (χ3v) is 6.35. The molecule has 1 unspecified atom stereocenters. The van der Waals surface area contributed by atoms with Gasteiger partial charge in [-0.25, -0.2) is 0 Å². The lowest BCUT2D eigenvalue weighted by atomic mass is 10.0. The first kappa shape index (κ1) is 21.2. The maximum Gasteiger partial charge on any atom is 0.307 e. The van der Waals surface area contributed by atoms with E-state index in [1.54, 1.807) is 0 Å². The van der Waals surface area contributed by atoms with E-state index in [1.807, 2.05) is 60.4 Å². The Labute approximate surface area is 183 Å². The molecule has 31 heavy (non-hydrogen) atoms. The summed E-state index contributed by atoms with van der Waals surface area (Å²) in [5.41, 5.74) is 2.97. The van der Waals surface area contributed by atoms with E-state index in [0.717, 1.165) is 54.7 Å². The zero-order chi connectivity index (χ0) is 21.8. The SMILES string of the molecule is CCCC1(CC(=O)O)Nc2ccc(N(Cc3ccccc3)C(=O)C3CCCC3)cc2N1. The highest BCUT2D eigenvalue weighted by Gasteiger charge is 2.38. The van der Waals surface area contributed by atoms with E-state index in [0.29, 0.717) is 13.0 Å². The van der Waals surface area contributed by atoms with Gasteiger partial charge in [0.05, 0.1) is 24.3 Å². The number of nitrogens with zero attached hydrogens (tertiary/aromatic N) is 1. The second-order valence-electron chi connectivity index (χ2n) is 8.77. The maximum atomic E-state index is 13.4. The highest BCUT2D eigenvalue weighted by molar-refractivity contribution is 5.96. The first-order valence-corrected chi connectivity index (χ1v) is 11.3. The van der Waals surface area contributed by atoms with Crippen molar-refractivity contribution in [2.24, 2.45) is 5.92 Å². The standard InChI is InChI=1S/C25H31N3O3/c1-2-14-25(16-23(29)30)26-21-13-12-20(15-22(21)27-25)28(17-18-8-4-3-5-9-18)24(31)19-10-6-7-11-19/h3-5,8-9,12-13,15,19,26-27H,2,6-7,10-11,14,16-17H2,1H3,(H,29,30). The molecule has 1 atom stereocenters. The van der Waals surface area contributed by atoms with Crippen LogP contribution in [0.15, 0.2) is 48.5 Å². The Kier molecular flexibility index (Phi) is 6.16. The molecule has 0 spiro atoms. The molecule has 0 radical (unpaired) electrons. The number of rotatable bonds is 8. The van der Waals surface area contributed by atoms with E-state index >= 15 is 0 Å². The van der Waals surface area contributed by atoms with Crippen LogP contribution in [0.5, 0.6) is 0 Å². The number of carbonyl (C=O) groups is 2. The van der Waals surface area contributed by atoms with Crippen molar-refractivity contribution in [1.82, 2.24) is 0 Å². The number of nitrogens with one attached hydrogen (secondary N) is 2. The van der Waals surface area contributed by atoms with Gasteiger partial charge in [-0.05, 0) is 43.0 Å². The highest BCUT2D eigenvalue weighted by Crippen LogP contribution is 2.41. The number of anilines is 3. The summed E-state index contributed by atoms with van der Waals surface area (Å²) in [5, 5.41) is 16.2. The van der Waals surface area contributed by atoms with Crippen LogP contribution in [0.2, 0.25) is 0 Å². The lowest BCUT2D eigenvalue weighted by Crippen LogP contribution is -2.43. The Hall–Kier alpha value is -3.02. The topological polar surface area (TPSA) is 81.7 Å². The molecule has 2 aromatic rings. The van der Waals surface area contributed by atoms with Gasteiger partial charge >= 0.3 is 5.97 Å². The van der Waals surface area contributed by atoms with Crippen LogP contribution in [0, 0.1) is 5.92 Å². The van der Waals surface area contributed by atoms with Crippen LogP contribution in [0.4, 0.5) is 17.1 Å². The first-order valence-electron chi connectivity index (χ1n) is 11.3. The van der Waals surface area contributed by atoms with Crippen molar-refractivity contribution < 1.29 is 14.7 Å². The minimum atomic E-state index is -0.844. The van der Waals surface area contributed by atoms with Crippen LogP contribution in [-0.4, -0.2) is 22.6 Å². The fourth-order valence-electron chi connectivity index (χ4n) is 4.90. The number of hydrogen-bond acceptors (Lipinski definition) is 4. The zero-order valence-electron chi connectivity index (χ0n) is 18.1. The fraction of sp³-hybridized carbons (Fsp3) is 0.440. The van der Waals surface area contributed by atoms with Gasteiger partial charge in [0.25, 0.3) is 0 Å². The molecule has 1 amide bonds. The van der Waals surface area contributed by atoms with Crippen LogP contribution < -0.4 is 15.5 Å². The third kappa shape index (κ3) is 4.68. The van der Waals surface area contributed by atoms with Crippen molar-refractivity contribution in [2.75, 3.05) is 15.5 Å². The Morgan fingerprint density at radius 2 is 1.77 bits per heavy atom. The molecule has 1 aliphatic carbocycles. The highest BCUT2D eigenvalue weighted by atomic mass is 16.4. The van der Waals surface area contributed by atoms with Gasteiger partial charge in [0, 0.05) is 11.6 Å². The molecule has 1 aliphatic heterocycles. The summed E-state index contributed by atoms with van der Waals surface area (Å²) in [5.74, 6) is -0.588. The van der Waals surface area contributed by atoms with Gasteiger partial charge in [0.15, 0.2) is 0 Å². The maximum absolute atomic E-state index is 13.4. The van der Waals surface area contributed by atoms with Crippen LogP contribution in [0.25, 0.3) is 0 Å². The second kappa shape index (κ2) is 9.00. The van der Waals surface area contributed by atoms with E-state index in [4.69, 9.17) is 0 Å². The summed E-state index contributed by atoms with van der Waals surface area (Å²) >= 11 is 0. The lowest BCUT2D eigenvalue weighted by Gasteiger charge is -2.29. The normalized spacial score (nSPS) is 20.0. The molecule has 2 aromatic carbocycles. The lowest BCUT2D eigenvalue weighted by molar-refractivity contribution is -0.138. The summed E-state index contributed by atoms with van der Waals surface area (Å²) in [4.78, 5) is 26.8. The van der Waals surface area contributed by atoms with Crippen LogP contribution in [0.3, 0.4) is 0 Å². The smallest absolute Gasteiger partial charge is 0.307 e. The van der Waals surface area contributed by atoms with E-state index in [1.165, 1.54) is 0 Å². The van der Waals surface area contributed by atoms with Gasteiger partial charge in [-0.15, -0.1) is 0 Å². The fourth-order valence-corrected chi connectivity index (χ4v) is 4.90. The predicted molar refractivity (Wildman–Crippen MR) is 123 cm³/mol. The van der Waals surface area contributed by atoms with Crippen molar-refractivity contribution in [2.45, 2.75) is 64.1 Å². The molecule has 0 aromatic heterocycles. The average molecular weight is 422 g/mol. The van der Waals surface area contributed by atoms with Gasteiger partial charge in [-0.3, -0.25) is 9.59 Å². The molecule has 6 heteroatoms. The van der Waals surface area contributed by atoms with Gasteiger partial charge in [0.1, 0.15) is 5.66 Å². The monoisotopic (exact) mass is 421 g/mol. The number of carboxylic acids is 1. The molecule has 0 saturated heterocycles. The Morgan fingerprint density at radius 3 is 2.45 bits per heavy atom. The summed E-state index contributed by atoms with van der Waals surface area (Å²) in [6.45, 7) is 2.57. The number of fused-ring (bicyclic) bond motifs is 1. The molecule has 1 saturated carbocycles. The quantitative estimate of drug-likeness (QED) is 0.544. The second-order valence-corrected chi connectivity index (χ2v) is 8.77. The van der Waals surface area contributed by atoms with Crippen LogP contribution >= 0.6 is 0 Å². The average Bonchev–Trinajstić information content (AvgIpc) is 3.39. The van der Waals surface area contributed by atoms with Crippen molar-refractivity contribution in [3.8, 4) is 0 Å². The van der Waals surface area contributed by atoms with Gasteiger partial charge in [0.2, 0.25) is 5.91 Å². The van der Waals surface area contributed by atoms with E-state index in [9.17, 15) is 14.7 Å². The summed E-state index contributed by atoms with van der Waals surface area (Å²) in [6.07, 6.45) is 5.66. The largest absolute Gasteiger partial charge is 0.481 e. The zero-order valence-corrected chi connectivity index (χ0v) is 18.1. The molecule has 4 rings (SSSR count). The Bertz CT molecular complexity index is 940. The van der Waals surface area contributed by atoms with Crippen LogP contribution in [-0.2, 0) is 16.1 Å². The Balaban J connectivity index is 1.63. The van der Waals surface area contributed by atoms with E-state index < -0.39 is 11.6 Å². The van der Waals surface area contributed by atoms with Crippen molar-refractivity contribution >= 4 is 28.9 Å². The van der Waals surface area contributed by atoms with Crippen molar-refractivity contribution in [3.05, 3.63) is 54.1 Å². The molecule has 6 nitrogen and oxygen atoms in total. The number of hydrogen-bond donors (Lipinski definition) is 3. The summed E-state index contributed by atoms with van der Waals surface area (Å²) in [7, 11) is 0. The first-order chi connectivity index (χ1) is 15.0. The molecule has 164 valence electrons. The van der Waals surface area contributed by atoms with Crippen LogP contribution in [0.1, 0.15) is 57.4 Å². The minimum absolute atomic E-state index is 0.0143. The molecular weight excluding hydrogens is 390 g/mol. The van der Waals surface area contributed by atoms with Gasteiger partial charge in [-0.2, -0.15) is 0 Å². The third-order valence-electron chi connectivity index (χ3n) is 6.35. The molecule has 2 aliphatic rings. The number of carbonyl (C=O) groups excluding carboxylic acids is 1.